The van der Waals surface area contributed by atoms with E-state index >= 15 is 0 Å². The molecule has 0 bridgehead atoms. The molecule has 2 aromatic carbocycles. The van der Waals surface area contributed by atoms with Crippen molar-refractivity contribution < 1.29 is 5.11 Å². The largest absolute Gasteiger partial charge is 0.506 e. The van der Waals surface area contributed by atoms with E-state index in [-0.39, 0.29) is 11.3 Å². The molecule has 0 fully saturated rings. The van der Waals surface area contributed by atoms with Gasteiger partial charge in [-0.25, -0.2) is 4.98 Å². The summed E-state index contributed by atoms with van der Waals surface area (Å²) in [5, 5.41) is 19.7. The van der Waals surface area contributed by atoms with Crippen molar-refractivity contribution >= 4 is 22.4 Å². The average Bonchev–Trinajstić information content (AvgIpc) is 2.92. The fourth-order valence-corrected chi connectivity index (χ4v) is 2.15. The van der Waals surface area contributed by atoms with Gasteiger partial charge in [-0.3, -0.25) is 0 Å². The number of nitrogens with one attached hydrogen (secondary N) is 1. The smallest absolute Gasteiger partial charge is 0.153 e. The number of aromatic amines is 1. The van der Waals surface area contributed by atoms with Crippen molar-refractivity contribution in [1.82, 2.24) is 9.97 Å². The number of fused-ring (bicyclic) bond motifs is 1. The number of allylic oxidation sites excluding steroid dienone is 1. The first-order valence-electron chi connectivity index (χ1n) is 6.54. The van der Waals surface area contributed by atoms with Crippen molar-refractivity contribution in [2.24, 2.45) is 0 Å². The van der Waals surface area contributed by atoms with Gasteiger partial charge in [0.15, 0.2) is 5.82 Å². The number of rotatable bonds is 2. The van der Waals surface area contributed by atoms with Crippen LogP contribution in [-0.2, 0) is 0 Å². The molecule has 1 aromatic heterocycles. The summed E-state index contributed by atoms with van der Waals surface area (Å²) in [7, 11) is 0. The summed E-state index contributed by atoms with van der Waals surface area (Å²) >= 11 is 0. The van der Waals surface area contributed by atoms with Crippen LogP contribution in [0.2, 0.25) is 0 Å². The molecule has 102 valence electrons. The molecule has 0 aliphatic rings. The summed E-state index contributed by atoms with van der Waals surface area (Å²) in [5.41, 5.74) is 3.41. The minimum Gasteiger partial charge on any atom is -0.506 e. The van der Waals surface area contributed by atoms with Gasteiger partial charge in [-0.1, -0.05) is 42.0 Å². The van der Waals surface area contributed by atoms with Crippen molar-refractivity contribution in [2.75, 3.05) is 0 Å². The van der Waals surface area contributed by atoms with Crippen LogP contribution in [0.25, 0.3) is 22.4 Å². The Kier molecular flexibility index (Phi) is 3.17. The number of aryl methyl sites for hydroxylation is 1. The molecule has 4 heteroatoms. The molecule has 0 unspecified atom stereocenters. The lowest BCUT2D eigenvalue weighted by atomic mass is 10.1. The maximum Gasteiger partial charge on any atom is 0.153 e. The van der Waals surface area contributed by atoms with Crippen LogP contribution in [0.5, 0.6) is 0 Å². The van der Waals surface area contributed by atoms with Crippen molar-refractivity contribution in [1.29, 1.82) is 5.26 Å². The third-order valence-electron chi connectivity index (χ3n) is 3.30. The van der Waals surface area contributed by atoms with Crippen LogP contribution < -0.4 is 0 Å². The van der Waals surface area contributed by atoms with Crippen LogP contribution >= 0.6 is 0 Å². The second kappa shape index (κ2) is 5.14. The number of nitriles is 1. The van der Waals surface area contributed by atoms with E-state index in [1.807, 2.05) is 49.4 Å². The molecule has 0 saturated carbocycles. The molecule has 0 spiro atoms. The van der Waals surface area contributed by atoms with Crippen LogP contribution in [0.4, 0.5) is 0 Å². The average molecular weight is 275 g/mol. The number of H-pyrrole nitrogens is 1. The summed E-state index contributed by atoms with van der Waals surface area (Å²) in [5.74, 6) is 0.299. The Balaban J connectivity index is 2.14. The van der Waals surface area contributed by atoms with Crippen LogP contribution in [0, 0.1) is 18.3 Å². The number of imidazole rings is 1. The Bertz CT molecular complexity index is 834. The van der Waals surface area contributed by atoms with Gasteiger partial charge in [0.05, 0.1) is 11.0 Å². The quantitative estimate of drug-likeness (QED) is 0.551. The zero-order chi connectivity index (χ0) is 14.8. The Morgan fingerprint density at radius 3 is 2.52 bits per heavy atom. The molecule has 0 amide bonds. The number of aromatic nitrogens is 2. The van der Waals surface area contributed by atoms with E-state index in [0.29, 0.717) is 11.4 Å². The molecule has 0 aliphatic heterocycles. The predicted octanol–water partition coefficient (Wildman–Crippen LogP) is 3.82. The summed E-state index contributed by atoms with van der Waals surface area (Å²) in [6.45, 7) is 1.97. The summed E-state index contributed by atoms with van der Waals surface area (Å²) < 4.78 is 0. The zero-order valence-corrected chi connectivity index (χ0v) is 11.5. The first kappa shape index (κ1) is 12.9. The van der Waals surface area contributed by atoms with E-state index < -0.39 is 0 Å². The second-order valence-electron chi connectivity index (χ2n) is 4.80. The Hall–Kier alpha value is -3.06. The maximum atomic E-state index is 10.3. The third-order valence-corrected chi connectivity index (χ3v) is 3.30. The molecule has 21 heavy (non-hydrogen) atoms. The molecule has 1 heterocycles. The van der Waals surface area contributed by atoms with E-state index in [1.165, 1.54) is 0 Å². The van der Waals surface area contributed by atoms with Gasteiger partial charge in [0.2, 0.25) is 0 Å². The minimum atomic E-state index is -0.0726. The van der Waals surface area contributed by atoms with E-state index in [1.54, 1.807) is 12.1 Å². The number of hydrogen-bond donors (Lipinski definition) is 2. The Labute approximate surface area is 122 Å². The number of para-hydroxylation sites is 2. The summed E-state index contributed by atoms with van der Waals surface area (Å²) in [6.07, 6.45) is 0. The van der Waals surface area contributed by atoms with E-state index in [9.17, 15) is 10.4 Å². The van der Waals surface area contributed by atoms with Gasteiger partial charge >= 0.3 is 0 Å². The molecule has 3 aromatic rings. The van der Waals surface area contributed by atoms with Crippen LogP contribution in [0.15, 0.2) is 48.5 Å². The number of aliphatic hydroxyl groups is 1. The van der Waals surface area contributed by atoms with Crippen LogP contribution in [0.3, 0.4) is 0 Å². The van der Waals surface area contributed by atoms with Gasteiger partial charge in [0.25, 0.3) is 0 Å². The lowest BCUT2D eigenvalue weighted by Crippen LogP contribution is -1.92. The molecular weight excluding hydrogens is 262 g/mol. The van der Waals surface area contributed by atoms with Crippen molar-refractivity contribution in [2.45, 2.75) is 6.92 Å². The standard InChI is InChI=1S/C17H13N3O/c1-11-6-8-12(9-7-11)16(21)13(10-18)17-19-14-4-2-3-5-15(14)20-17/h2-9,21H,1H3,(H,19,20). The zero-order valence-electron chi connectivity index (χ0n) is 11.5. The van der Waals surface area contributed by atoms with Gasteiger partial charge in [-0.15, -0.1) is 0 Å². The highest BCUT2D eigenvalue weighted by Gasteiger charge is 2.14. The summed E-state index contributed by atoms with van der Waals surface area (Å²) in [6, 6.07) is 16.9. The van der Waals surface area contributed by atoms with Crippen molar-refractivity contribution in [3.63, 3.8) is 0 Å². The number of aliphatic hydroxyl groups excluding tert-OH is 1. The second-order valence-corrected chi connectivity index (χ2v) is 4.80. The fourth-order valence-electron chi connectivity index (χ4n) is 2.15. The first-order chi connectivity index (χ1) is 10.2. The van der Waals surface area contributed by atoms with E-state index in [0.717, 1.165) is 16.6 Å². The van der Waals surface area contributed by atoms with Crippen molar-refractivity contribution in [3.8, 4) is 6.07 Å². The molecule has 0 radical (unpaired) electrons. The lowest BCUT2D eigenvalue weighted by molar-refractivity contribution is 0.514. The normalized spacial score (nSPS) is 12.0. The van der Waals surface area contributed by atoms with Gasteiger partial charge in [0, 0.05) is 5.56 Å². The SMILES string of the molecule is Cc1ccc(C(O)=C(C#N)c2nc3ccccc3[nH]2)cc1. The lowest BCUT2D eigenvalue weighted by Gasteiger charge is -2.03. The van der Waals surface area contributed by atoms with Crippen molar-refractivity contribution in [3.05, 3.63) is 65.5 Å². The highest BCUT2D eigenvalue weighted by atomic mass is 16.3. The predicted molar refractivity (Wildman–Crippen MR) is 82.3 cm³/mol. The van der Waals surface area contributed by atoms with Gasteiger partial charge < -0.3 is 10.1 Å². The number of nitrogens with zero attached hydrogens (tertiary/aromatic N) is 2. The van der Waals surface area contributed by atoms with E-state index in [4.69, 9.17) is 0 Å². The molecule has 0 saturated heterocycles. The molecule has 0 atom stereocenters. The van der Waals surface area contributed by atoms with Gasteiger partial charge in [-0.05, 0) is 19.1 Å². The molecule has 0 aliphatic carbocycles. The monoisotopic (exact) mass is 275 g/mol. The first-order valence-corrected chi connectivity index (χ1v) is 6.54. The number of hydrogen-bond acceptors (Lipinski definition) is 3. The minimum absolute atomic E-state index is 0.0726. The van der Waals surface area contributed by atoms with E-state index in [2.05, 4.69) is 9.97 Å². The number of benzene rings is 2. The summed E-state index contributed by atoms with van der Waals surface area (Å²) in [4.78, 5) is 7.41. The molecule has 2 N–H and O–H groups in total. The fraction of sp³-hybridized carbons (Fsp3) is 0.0588. The Morgan fingerprint density at radius 2 is 1.86 bits per heavy atom. The van der Waals surface area contributed by atoms with Gasteiger partial charge in [-0.2, -0.15) is 5.26 Å². The molecular formula is C17H13N3O. The van der Waals surface area contributed by atoms with Gasteiger partial charge in [0.1, 0.15) is 17.4 Å². The topological polar surface area (TPSA) is 72.7 Å². The maximum absolute atomic E-state index is 10.3. The molecule has 4 nitrogen and oxygen atoms in total. The highest BCUT2D eigenvalue weighted by Crippen LogP contribution is 2.24. The van der Waals surface area contributed by atoms with Crippen LogP contribution in [0.1, 0.15) is 17.0 Å². The van der Waals surface area contributed by atoms with Crippen LogP contribution in [-0.4, -0.2) is 15.1 Å². The molecule has 3 rings (SSSR count). The Morgan fingerprint density at radius 1 is 1.14 bits per heavy atom. The highest BCUT2D eigenvalue weighted by molar-refractivity contribution is 5.94. The third kappa shape index (κ3) is 2.37.